The highest BCUT2D eigenvalue weighted by atomic mass is 35.5. The number of carbonyl (C=O) groups is 1. The molecule has 26 heavy (non-hydrogen) atoms. The first-order chi connectivity index (χ1) is 12.4. The van der Waals surface area contributed by atoms with Crippen LogP contribution in [0.1, 0.15) is 35.9 Å². The van der Waals surface area contributed by atoms with Gasteiger partial charge in [0.25, 0.3) is 5.91 Å². The van der Waals surface area contributed by atoms with Crippen LogP contribution in [0.4, 0.5) is 0 Å². The van der Waals surface area contributed by atoms with Gasteiger partial charge in [-0.1, -0.05) is 23.2 Å². The number of benzene rings is 2. The molecule has 2 aromatic rings. The highest BCUT2D eigenvalue weighted by Gasteiger charge is 2.14. The summed E-state index contributed by atoms with van der Waals surface area (Å²) in [4.78, 5) is 12.4. The normalized spacial score (nSPS) is 11.7. The molecule has 0 spiro atoms. The van der Waals surface area contributed by atoms with Crippen molar-refractivity contribution in [2.75, 3.05) is 19.8 Å². The molecule has 0 bridgehead atoms. The highest BCUT2D eigenvalue weighted by Crippen LogP contribution is 2.28. The molecule has 0 aromatic heterocycles. The molecule has 1 amide bonds. The molecule has 1 atom stereocenters. The van der Waals surface area contributed by atoms with Crippen LogP contribution in [0.15, 0.2) is 36.4 Å². The minimum Gasteiger partial charge on any atom is -0.490 e. The van der Waals surface area contributed by atoms with E-state index in [2.05, 4.69) is 5.32 Å². The third kappa shape index (κ3) is 5.53. The number of nitrogens with one attached hydrogen (secondary N) is 1. The summed E-state index contributed by atoms with van der Waals surface area (Å²) < 4.78 is 11.0. The zero-order valence-electron chi connectivity index (χ0n) is 14.6. The first-order valence-electron chi connectivity index (χ1n) is 8.26. The maximum atomic E-state index is 12.4. The van der Waals surface area contributed by atoms with Gasteiger partial charge in [-0.2, -0.15) is 0 Å². The number of ether oxygens (including phenoxy) is 2. The lowest BCUT2D eigenvalue weighted by Crippen LogP contribution is -2.28. The smallest absolute Gasteiger partial charge is 0.251 e. The summed E-state index contributed by atoms with van der Waals surface area (Å²) in [6.07, 6.45) is -0.927. The van der Waals surface area contributed by atoms with Crippen molar-refractivity contribution in [3.8, 4) is 11.5 Å². The fraction of sp³-hybridized carbons (Fsp3) is 0.316. The van der Waals surface area contributed by atoms with Gasteiger partial charge >= 0.3 is 0 Å². The fourth-order valence-electron chi connectivity index (χ4n) is 2.37. The predicted molar refractivity (Wildman–Crippen MR) is 103 cm³/mol. The average Bonchev–Trinajstić information content (AvgIpc) is 2.60. The van der Waals surface area contributed by atoms with Crippen molar-refractivity contribution in [2.24, 2.45) is 0 Å². The molecule has 1 unspecified atom stereocenters. The first kappa shape index (κ1) is 20.4. The minimum atomic E-state index is -0.927. The number of aliphatic hydroxyl groups excluding tert-OH is 1. The lowest BCUT2D eigenvalue weighted by Gasteiger charge is -2.15. The molecule has 7 heteroatoms. The zero-order valence-corrected chi connectivity index (χ0v) is 16.1. The minimum absolute atomic E-state index is 0.0205. The van der Waals surface area contributed by atoms with Crippen LogP contribution >= 0.6 is 23.2 Å². The summed E-state index contributed by atoms with van der Waals surface area (Å²) in [5, 5.41) is 13.8. The van der Waals surface area contributed by atoms with E-state index in [1.54, 1.807) is 36.4 Å². The molecule has 0 saturated carbocycles. The third-order valence-electron chi connectivity index (χ3n) is 3.53. The van der Waals surface area contributed by atoms with Gasteiger partial charge < -0.3 is 19.9 Å². The zero-order chi connectivity index (χ0) is 19.1. The number of rotatable bonds is 8. The molecular formula is C19H21Cl2NO4. The maximum Gasteiger partial charge on any atom is 0.251 e. The van der Waals surface area contributed by atoms with Gasteiger partial charge in [-0.15, -0.1) is 0 Å². The Morgan fingerprint density at radius 3 is 2.27 bits per heavy atom. The summed E-state index contributed by atoms with van der Waals surface area (Å²) in [6.45, 7) is 4.71. The molecule has 0 aliphatic carbocycles. The largest absolute Gasteiger partial charge is 0.490 e. The second kappa shape index (κ2) is 9.67. The molecular weight excluding hydrogens is 377 g/mol. The monoisotopic (exact) mass is 397 g/mol. The van der Waals surface area contributed by atoms with Crippen LogP contribution in [0, 0.1) is 0 Å². The van der Waals surface area contributed by atoms with Crippen LogP contribution in [0.2, 0.25) is 10.0 Å². The van der Waals surface area contributed by atoms with Crippen LogP contribution in [-0.2, 0) is 0 Å². The van der Waals surface area contributed by atoms with Crippen molar-refractivity contribution in [1.29, 1.82) is 0 Å². The second-order valence-corrected chi connectivity index (χ2v) is 6.33. The van der Waals surface area contributed by atoms with E-state index in [4.69, 9.17) is 32.7 Å². The van der Waals surface area contributed by atoms with Gasteiger partial charge in [0.05, 0.1) is 19.3 Å². The van der Waals surface area contributed by atoms with E-state index in [9.17, 15) is 9.90 Å². The molecule has 0 aliphatic heterocycles. The molecule has 0 heterocycles. The summed E-state index contributed by atoms with van der Waals surface area (Å²) in [7, 11) is 0. The van der Waals surface area contributed by atoms with Crippen LogP contribution in [0.25, 0.3) is 0 Å². The SMILES string of the molecule is CCOc1ccc(C(=O)NCC(O)c2cc(Cl)cc(Cl)c2)cc1OCC. The van der Waals surface area contributed by atoms with E-state index in [1.807, 2.05) is 13.8 Å². The summed E-state index contributed by atoms with van der Waals surface area (Å²) in [6, 6.07) is 9.74. The fourth-order valence-corrected chi connectivity index (χ4v) is 2.91. The van der Waals surface area contributed by atoms with Crippen molar-refractivity contribution >= 4 is 29.1 Å². The molecule has 2 rings (SSSR count). The quantitative estimate of drug-likeness (QED) is 0.698. The second-order valence-electron chi connectivity index (χ2n) is 5.46. The van der Waals surface area contributed by atoms with Crippen molar-refractivity contribution in [3.63, 3.8) is 0 Å². The molecule has 0 saturated heterocycles. The highest BCUT2D eigenvalue weighted by molar-refractivity contribution is 6.34. The summed E-state index contributed by atoms with van der Waals surface area (Å²) in [5.74, 6) is 0.754. The van der Waals surface area contributed by atoms with Crippen molar-refractivity contribution in [1.82, 2.24) is 5.32 Å². The molecule has 0 radical (unpaired) electrons. The Morgan fingerprint density at radius 2 is 1.65 bits per heavy atom. The number of hydrogen-bond donors (Lipinski definition) is 2. The van der Waals surface area contributed by atoms with E-state index in [1.165, 1.54) is 0 Å². The van der Waals surface area contributed by atoms with Gasteiger partial charge in [-0.25, -0.2) is 0 Å². The Morgan fingerprint density at radius 1 is 1.04 bits per heavy atom. The lowest BCUT2D eigenvalue weighted by atomic mass is 10.1. The van der Waals surface area contributed by atoms with Crippen LogP contribution in [-0.4, -0.2) is 30.8 Å². The Bertz CT molecular complexity index is 747. The molecule has 0 fully saturated rings. The topological polar surface area (TPSA) is 67.8 Å². The molecule has 2 aromatic carbocycles. The number of aliphatic hydroxyl groups is 1. The lowest BCUT2D eigenvalue weighted by molar-refractivity contribution is 0.0916. The number of carbonyl (C=O) groups excluding carboxylic acids is 1. The van der Waals surface area contributed by atoms with Gasteiger partial charge in [-0.3, -0.25) is 4.79 Å². The Kier molecular flexibility index (Phi) is 7.57. The number of amides is 1. The van der Waals surface area contributed by atoms with E-state index < -0.39 is 6.10 Å². The molecule has 140 valence electrons. The van der Waals surface area contributed by atoms with Crippen LogP contribution in [0.3, 0.4) is 0 Å². The van der Waals surface area contributed by atoms with E-state index in [0.717, 1.165) is 0 Å². The Hall–Kier alpha value is -1.95. The molecule has 0 aliphatic rings. The van der Waals surface area contributed by atoms with E-state index >= 15 is 0 Å². The predicted octanol–water partition coefficient (Wildman–Crippen LogP) is 4.25. The standard InChI is InChI=1S/C19H21Cl2NO4/c1-3-25-17-6-5-12(9-18(17)26-4-2)19(24)22-11-16(23)13-7-14(20)10-15(21)8-13/h5-10,16,23H,3-4,11H2,1-2H3,(H,22,24). The van der Waals surface area contributed by atoms with Gasteiger partial charge in [0, 0.05) is 22.2 Å². The van der Waals surface area contributed by atoms with Crippen LogP contribution < -0.4 is 14.8 Å². The maximum absolute atomic E-state index is 12.4. The van der Waals surface area contributed by atoms with Gasteiger partial charge in [0.2, 0.25) is 0 Å². The summed E-state index contributed by atoms with van der Waals surface area (Å²) >= 11 is 11.9. The van der Waals surface area contributed by atoms with Gasteiger partial charge in [-0.05, 0) is 55.8 Å². The Labute approximate surface area is 162 Å². The van der Waals surface area contributed by atoms with Crippen molar-refractivity contribution in [2.45, 2.75) is 20.0 Å². The van der Waals surface area contributed by atoms with Crippen LogP contribution in [0.5, 0.6) is 11.5 Å². The number of halogens is 2. The average molecular weight is 398 g/mol. The number of hydrogen-bond acceptors (Lipinski definition) is 4. The first-order valence-corrected chi connectivity index (χ1v) is 9.02. The molecule has 2 N–H and O–H groups in total. The summed E-state index contributed by atoms with van der Waals surface area (Å²) in [5.41, 5.74) is 0.942. The van der Waals surface area contributed by atoms with Gasteiger partial charge in [0.1, 0.15) is 0 Å². The molecule has 5 nitrogen and oxygen atoms in total. The van der Waals surface area contributed by atoms with Crippen molar-refractivity contribution < 1.29 is 19.4 Å². The van der Waals surface area contributed by atoms with Crippen molar-refractivity contribution in [3.05, 3.63) is 57.6 Å². The van der Waals surface area contributed by atoms with E-state index in [0.29, 0.717) is 45.9 Å². The van der Waals surface area contributed by atoms with Gasteiger partial charge in [0.15, 0.2) is 11.5 Å². The van der Waals surface area contributed by atoms with E-state index in [-0.39, 0.29) is 12.5 Å². The third-order valence-corrected chi connectivity index (χ3v) is 3.97. The Balaban J connectivity index is 2.06.